The van der Waals surface area contributed by atoms with E-state index in [1.165, 1.54) is 21.5 Å². The third kappa shape index (κ3) is 5.74. The number of aryl methyl sites for hydroxylation is 1. The van der Waals surface area contributed by atoms with Gasteiger partial charge in [0.05, 0.1) is 5.52 Å². The molecule has 0 amide bonds. The van der Waals surface area contributed by atoms with Crippen molar-refractivity contribution in [2.45, 2.75) is 44.4 Å². The van der Waals surface area contributed by atoms with Gasteiger partial charge in [0.1, 0.15) is 20.7 Å². The van der Waals surface area contributed by atoms with Crippen molar-refractivity contribution in [3.05, 3.63) is 174 Å². The largest absolute Gasteiger partial charge is 2.00 e. The molecule has 56 heavy (non-hydrogen) atoms. The molecule has 9 aromatic rings. The van der Waals surface area contributed by atoms with Crippen LogP contribution in [0.5, 0.6) is 5.95 Å². The Morgan fingerprint density at radius 3 is 2.11 bits per heavy atom. The van der Waals surface area contributed by atoms with Crippen LogP contribution in [0.4, 0.5) is 0 Å². The molecule has 10 rings (SSSR count). The van der Waals surface area contributed by atoms with Gasteiger partial charge in [0.2, 0.25) is 0 Å². The first-order chi connectivity index (χ1) is 26.7. The van der Waals surface area contributed by atoms with Crippen molar-refractivity contribution >= 4 is 62.7 Å². The van der Waals surface area contributed by atoms with E-state index in [2.05, 4.69) is 178 Å². The zero-order valence-electron chi connectivity index (χ0n) is 31.8. The molecule has 5 nitrogen and oxygen atoms in total. The van der Waals surface area contributed by atoms with E-state index < -0.39 is 20.1 Å². The van der Waals surface area contributed by atoms with E-state index in [0.29, 0.717) is 5.95 Å². The summed E-state index contributed by atoms with van der Waals surface area (Å²) < 4.78 is 19.5. The Morgan fingerprint density at radius 2 is 1.46 bits per heavy atom. The van der Waals surface area contributed by atoms with Gasteiger partial charge in [-0.2, -0.15) is 23.0 Å². The van der Waals surface area contributed by atoms with Gasteiger partial charge in [-0.25, -0.2) is 4.98 Å². The first kappa shape index (κ1) is 36.6. The molecule has 0 saturated heterocycles. The number of para-hydroxylation sites is 1. The second-order valence-corrected chi connectivity index (χ2v) is 19.6. The van der Waals surface area contributed by atoms with Crippen molar-refractivity contribution < 1.29 is 30.2 Å². The Labute approximate surface area is 347 Å². The Kier molecular flexibility index (Phi) is 9.03. The summed E-state index contributed by atoms with van der Waals surface area (Å²) in [6, 6.07) is 47.4. The van der Waals surface area contributed by atoms with Crippen LogP contribution < -0.4 is 15.1 Å². The smallest absolute Gasteiger partial charge is 0.508 e. The van der Waals surface area contributed by atoms with Gasteiger partial charge in [-0.3, -0.25) is 4.57 Å². The maximum Gasteiger partial charge on any atom is 2.00 e. The number of thiophene rings is 1. The zero-order valence-corrected chi connectivity index (χ0v) is 35.9. The van der Waals surface area contributed by atoms with Gasteiger partial charge in [-0.15, -0.1) is 12.0 Å². The molecule has 0 bridgehead atoms. The molecule has 8 heteroatoms. The summed E-state index contributed by atoms with van der Waals surface area (Å²) >= 11 is 1.73. The third-order valence-electron chi connectivity index (χ3n) is 11.1. The summed E-state index contributed by atoms with van der Waals surface area (Å²) in [4.78, 5) is 5.45. The van der Waals surface area contributed by atoms with Crippen LogP contribution in [0.25, 0.3) is 43.3 Å². The molecule has 2 unspecified atom stereocenters. The quantitative estimate of drug-likeness (QED) is 0.118. The minimum atomic E-state index is -1.56. The monoisotopic (exact) mass is 945 g/mol. The van der Waals surface area contributed by atoms with Gasteiger partial charge in [-0.1, -0.05) is 182 Å². The summed E-state index contributed by atoms with van der Waals surface area (Å²) in [7, 11) is 0.470. The third-order valence-corrected chi connectivity index (χ3v) is 15.4. The topological polar surface area (TPSA) is 45.1 Å². The summed E-state index contributed by atoms with van der Waals surface area (Å²) in [5, 5.41) is 6.67. The molecule has 0 fully saturated rings. The number of ether oxygens (including phenoxy) is 1. The number of fused-ring (bicyclic) bond motifs is 5. The molecular weight excluding hydrogens is 906 g/mol. The van der Waals surface area contributed by atoms with Gasteiger partial charge in [-0.05, 0) is 24.2 Å². The second-order valence-electron chi connectivity index (χ2n) is 15.8. The van der Waals surface area contributed by atoms with Crippen LogP contribution >= 0.6 is 11.3 Å². The van der Waals surface area contributed by atoms with Crippen molar-refractivity contribution in [2.75, 3.05) is 0 Å². The number of aromatic nitrogens is 3. The Morgan fingerprint density at radius 1 is 0.821 bits per heavy atom. The fraction of sp³-hybridized carbons (Fsp3) is 0.167. The summed E-state index contributed by atoms with van der Waals surface area (Å²) in [6.07, 6.45) is 5.89. The molecular formula is C48H40N3O2PtSSi. The maximum absolute atomic E-state index is 7.03. The van der Waals surface area contributed by atoms with E-state index in [4.69, 9.17) is 14.1 Å². The SMILES string of the molecule is Cn1c[c-]c(-c2csc3cc4c5ccccc5n(C5[CH-]c6c(oc(C(C)(C)C)c6C(C)(c6ccccc6)[Si](c6ccccc6)c6ccccc6)O5)c4nc23)c1.[Pt+2]. The molecule has 0 saturated carbocycles. The molecule has 1 aliphatic heterocycles. The van der Waals surface area contributed by atoms with Crippen molar-refractivity contribution in [2.24, 2.45) is 7.05 Å². The average molecular weight is 946 g/mol. The van der Waals surface area contributed by atoms with Crippen molar-refractivity contribution in [1.82, 2.24) is 14.1 Å². The van der Waals surface area contributed by atoms with Gasteiger partial charge in [0, 0.05) is 32.2 Å². The van der Waals surface area contributed by atoms with Crippen LogP contribution in [0.2, 0.25) is 0 Å². The molecule has 5 aromatic heterocycles. The maximum atomic E-state index is 7.03. The van der Waals surface area contributed by atoms with Crippen molar-refractivity contribution in [3.8, 4) is 17.1 Å². The fourth-order valence-corrected chi connectivity index (χ4v) is 13.1. The summed E-state index contributed by atoms with van der Waals surface area (Å²) in [6.45, 7) is 9.18. The number of pyridine rings is 1. The first-order valence-electron chi connectivity index (χ1n) is 18.8. The predicted octanol–water partition coefficient (Wildman–Crippen LogP) is 10.4. The molecule has 6 heterocycles. The molecule has 1 radical (unpaired) electrons. The average Bonchev–Trinajstić information content (AvgIpc) is 4.03. The van der Waals surface area contributed by atoms with Crippen LogP contribution in [0.15, 0.2) is 144 Å². The number of rotatable bonds is 7. The van der Waals surface area contributed by atoms with Gasteiger partial charge in [0.25, 0.3) is 0 Å². The molecule has 4 aromatic carbocycles. The molecule has 2 atom stereocenters. The molecule has 0 aliphatic carbocycles. The molecule has 0 spiro atoms. The molecule has 279 valence electrons. The number of hydrogen-bond acceptors (Lipinski definition) is 4. The summed E-state index contributed by atoms with van der Waals surface area (Å²) in [5.74, 6) is 1.52. The number of benzene rings is 4. The molecule has 0 N–H and O–H groups in total. The van der Waals surface area contributed by atoms with Crippen LogP contribution in [-0.2, 0) is 38.6 Å². The Hall–Kier alpha value is -5.07. The first-order valence-corrected chi connectivity index (χ1v) is 21.2. The second kappa shape index (κ2) is 13.8. The van der Waals surface area contributed by atoms with Gasteiger partial charge in [0.15, 0.2) is 5.95 Å². The van der Waals surface area contributed by atoms with E-state index in [-0.39, 0.29) is 26.5 Å². The van der Waals surface area contributed by atoms with Crippen LogP contribution in [-0.4, -0.2) is 22.9 Å². The summed E-state index contributed by atoms with van der Waals surface area (Å²) in [5.41, 5.74) is 8.25. The zero-order chi connectivity index (χ0) is 37.5. The number of furan rings is 1. The number of hydrogen-bond donors (Lipinski definition) is 0. The van der Waals surface area contributed by atoms with E-state index >= 15 is 0 Å². The minimum Gasteiger partial charge on any atom is -0.508 e. The predicted molar refractivity (Wildman–Crippen MR) is 227 cm³/mol. The Balaban J connectivity index is 0.00000410. The van der Waals surface area contributed by atoms with E-state index in [9.17, 15) is 0 Å². The van der Waals surface area contributed by atoms with Crippen LogP contribution in [0.1, 0.15) is 56.4 Å². The van der Waals surface area contributed by atoms with Gasteiger partial charge >= 0.3 is 21.1 Å². The normalized spacial score (nSPS) is 15.1. The van der Waals surface area contributed by atoms with Crippen molar-refractivity contribution in [1.29, 1.82) is 0 Å². The van der Waals surface area contributed by atoms with Crippen LogP contribution in [0, 0.1) is 12.5 Å². The fourth-order valence-electron chi connectivity index (χ4n) is 8.64. The standard InChI is InChI=1S/C48H40N3O2SSi.Pt/c1-47(2,3)44-42(48(4,32-17-9-6-10-18-32)55(33-19-11-7-12-20-33)34-21-13-8-14-22-34)37-28-41(52-46(37)53-44)51-39-24-16-15-23-35(39)36-27-40-43(49-45(36)51)38(30-54-40)31-25-26-50(5)29-31;/h6-24,26-30,41H,1-5H3;/q-2;+2. The van der Waals surface area contributed by atoms with E-state index in [1.807, 2.05) is 17.8 Å². The van der Waals surface area contributed by atoms with Gasteiger partial charge < -0.3 is 13.7 Å². The van der Waals surface area contributed by atoms with E-state index in [1.54, 1.807) is 11.3 Å². The van der Waals surface area contributed by atoms with E-state index in [0.717, 1.165) is 54.6 Å². The van der Waals surface area contributed by atoms with Crippen LogP contribution in [0.3, 0.4) is 0 Å². The molecule has 1 aliphatic rings. The van der Waals surface area contributed by atoms with Crippen molar-refractivity contribution in [3.63, 3.8) is 0 Å². The minimum absolute atomic E-state index is 0. The Bertz CT molecular complexity index is 2810. The number of nitrogens with zero attached hydrogens (tertiary/aromatic N) is 3.